The number of carbonyl (C=O) groups excluding carboxylic acids is 1. The summed E-state index contributed by atoms with van der Waals surface area (Å²) in [6, 6.07) is 0.224. The molecule has 0 aliphatic carbocycles. The van der Waals surface area contributed by atoms with Crippen molar-refractivity contribution in [2.45, 2.75) is 25.8 Å². The molecule has 2 heterocycles. The van der Waals surface area contributed by atoms with Crippen molar-refractivity contribution in [3.8, 4) is 0 Å². The van der Waals surface area contributed by atoms with Gasteiger partial charge in [0.2, 0.25) is 0 Å². The van der Waals surface area contributed by atoms with Crippen molar-refractivity contribution < 1.29 is 4.79 Å². The second-order valence-corrected chi connectivity index (χ2v) is 5.06. The van der Waals surface area contributed by atoms with Gasteiger partial charge in [-0.2, -0.15) is 0 Å². The molecule has 1 atom stereocenters. The van der Waals surface area contributed by atoms with E-state index in [1.54, 1.807) is 0 Å². The van der Waals surface area contributed by atoms with Gasteiger partial charge in [0.1, 0.15) is 4.88 Å². The lowest BCUT2D eigenvalue weighted by molar-refractivity contribution is 0.0685. The number of hydrogen-bond acceptors (Lipinski definition) is 5. The number of likely N-dealkylation sites (tertiary alicyclic amines) is 1. The van der Waals surface area contributed by atoms with Gasteiger partial charge in [-0.1, -0.05) is 4.49 Å². The van der Waals surface area contributed by atoms with E-state index in [2.05, 4.69) is 9.59 Å². The van der Waals surface area contributed by atoms with E-state index in [4.69, 9.17) is 5.73 Å². The third-order valence-corrected chi connectivity index (χ3v) is 3.80. The van der Waals surface area contributed by atoms with Crippen LogP contribution in [-0.2, 0) is 0 Å². The monoisotopic (exact) mass is 240 g/mol. The van der Waals surface area contributed by atoms with Gasteiger partial charge in [0.15, 0.2) is 0 Å². The van der Waals surface area contributed by atoms with E-state index in [0.29, 0.717) is 10.8 Å². The molecule has 1 amide bonds. The van der Waals surface area contributed by atoms with Crippen molar-refractivity contribution in [2.75, 3.05) is 13.1 Å². The molecule has 5 nitrogen and oxygen atoms in total. The lowest BCUT2D eigenvalue weighted by Gasteiger charge is -2.33. The van der Waals surface area contributed by atoms with Crippen molar-refractivity contribution in [1.29, 1.82) is 0 Å². The molecule has 1 aromatic heterocycles. The zero-order valence-corrected chi connectivity index (χ0v) is 10.1. The molecule has 1 unspecified atom stereocenters. The van der Waals surface area contributed by atoms with E-state index >= 15 is 0 Å². The molecule has 88 valence electrons. The van der Waals surface area contributed by atoms with Crippen LogP contribution >= 0.6 is 11.5 Å². The Balaban J connectivity index is 1.92. The van der Waals surface area contributed by atoms with Gasteiger partial charge in [0, 0.05) is 19.1 Å². The molecule has 0 spiro atoms. The maximum atomic E-state index is 12.0. The lowest BCUT2D eigenvalue weighted by Crippen LogP contribution is -2.42. The Labute approximate surface area is 98.8 Å². The number of carbonyl (C=O) groups is 1. The van der Waals surface area contributed by atoms with Crippen LogP contribution in [0.2, 0.25) is 0 Å². The number of hydrogen-bond donors (Lipinski definition) is 1. The molecule has 6 heteroatoms. The first-order chi connectivity index (χ1) is 7.68. The Morgan fingerprint density at radius 2 is 2.31 bits per heavy atom. The number of rotatable bonds is 2. The highest BCUT2D eigenvalue weighted by Crippen LogP contribution is 2.21. The van der Waals surface area contributed by atoms with Crippen LogP contribution in [0.25, 0.3) is 0 Å². The fourth-order valence-corrected chi connectivity index (χ4v) is 2.53. The second-order valence-electron chi connectivity index (χ2n) is 4.27. The molecule has 2 N–H and O–H groups in total. The fraction of sp³-hybridized carbons (Fsp3) is 0.700. The van der Waals surface area contributed by atoms with Crippen LogP contribution in [-0.4, -0.2) is 39.5 Å². The van der Waals surface area contributed by atoms with Crippen LogP contribution in [0.3, 0.4) is 0 Å². The van der Waals surface area contributed by atoms with Gasteiger partial charge in [-0.05, 0) is 37.2 Å². The van der Waals surface area contributed by atoms with E-state index in [0.717, 1.165) is 37.5 Å². The predicted molar refractivity (Wildman–Crippen MR) is 62.2 cm³/mol. The highest BCUT2D eigenvalue weighted by atomic mass is 32.1. The van der Waals surface area contributed by atoms with Crippen LogP contribution in [0, 0.1) is 5.92 Å². The number of nitrogens with two attached hydrogens (primary N) is 1. The summed E-state index contributed by atoms with van der Waals surface area (Å²) < 4.78 is 3.71. The molecule has 1 aliphatic heterocycles. The van der Waals surface area contributed by atoms with Gasteiger partial charge in [-0.15, -0.1) is 5.10 Å². The van der Waals surface area contributed by atoms with Gasteiger partial charge in [0.05, 0.1) is 6.20 Å². The molecule has 1 fully saturated rings. The van der Waals surface area contributed by atoms with Crippen LogP contribution in [0.5, 0.6) is 0 Å². The molecule has 1 aromatic rings. The first-order valence-electron chi connectivity index (χ1n) is 5.50. The average Bonchev–Trinajstić information content (AvgIpc) is 2.81. The van der Waals surface area contributed by atoms with E-state index in [9.17, 15) is 4.79 Å². The molecule has 1 aliphatic rings. The maximum absolute atomic E-state index is 12.0. The SMILES string of the molecule is CC(N)C1CCN(C(=O)c2cnns2)CC1. The van der Waals surface area contributed by atoms with E-state index < -0.39 is 0 Å². The number of aromatic nitrogens is 2. The van der Waals surface area contributed by atoms with Crippen molar-refractivity contribution in [1.82, 2.24) is 14.5 Å². The van der Waals surface area contributed by atoms with Gasteiger partial charge in [0.25, 0.3) is 5.91 Å². The van der Waals surface area contributed by atoms with Gasteiger partial charge in [-0.3, -0.25) is 4.79 Å². The molecule has 0 radical (unpaired) electrons. The second kappa shape index (κ2) is 4.88. The highest BCUT2D eigenvalue weighted by Gasteiger charge is 2.26. The number of nitrogens with zero attached hydrogens (tertiary/aromatic N) is 3. The van der Waals surface area contributed by atoms with E-state index in [-0.39, 0.29) is 11.9 Å². The summed E-state index contributed by atoms with van der Waals surface area (Å²) >= 11 is 1.15. The van der Waals surface area contributed by atoms with E-state index in [1.165, 1.54) is 6.20 Å². The zero-order chi connectivity index (χ0) is 11.5. The van der Waals surface area contributed by atoms with Gasteiger partial charge < -0.3 is 10.6 Å². The quantitative estimate of drug-likeness (QED) is 0.827. The molecule has 0 saturated carbocycles. The number of amides is 1. The predicted octanol–water partition coefficient (Wildman–Crippen LogP) is 0.737. The summed E-state index contributed by atoms with van der Waals surface area (Å²) in [5.41, 5.74) is 5.86. The Morgan fingerprint density at radius 3 is 2.81 bits per heavy atom. The third kappa shape index (κ3) is 2.38. The molecular weight excluding hydrogens is 224 g/mol. The third-order valence-electron chi connectivity index (χ3n) is 3.14. The lowest BCUT2D eigenvalue weighted by atomic mass is 9.91. The van der Waals surface area contributed by atoms with Crippen molar-refractivity contribution in [3.63, 3.8) is 0 Å². The van der Waals surface area contributed by atoms with Crippen LogP contribution < -0.4 is 5.73 Å². The molecular formula is C10H16N4OS. The summed E-state index contributed by atoms with van der Waals surface area (Å²) in [6.45, 7) is 3.63. The molecule has 2 rings (SSSR count). The normalized spacial score (nSPS) is 19.8. The Kier molecular flexibility index (Phi) is 3.50. The minimum atomic E-state index is 0.0538. The van der Waals surface area contributed by atoms with Crippen LogP contribution in [0.15, 0.2) is 6.20 Å². The molecule has 16 heavy (non-hydrogen) atoms. The summed E-state index contributed by atoms with van der Waals surface area (Å²) in [5, 5.41) is 3.68. The fourth-order valence-electron chi connectivity index (χ4n) is 2.05. The minimum Gasteiger partial charge on any atom is -0.338 e. The highest BCUT2D eigenvalue weighted by molar-refractivity contribution is 7.07. The smallest absolute Gasteiger partial charge is 0.267 e. The minimum absolute atomic E-state index is 0.0538. The average molecular weight is 240 g/mol. The topological polar surface area (TPSA) is 72.1 Å². The van der Waals surface area contributed by atoms with Gasteiger partial charge in [-0.25, -0.2) is 0 Å². The maximum Gasteiger partial charge on any atom is 0.267 e. The largest absolute Gasteiger partial charge is 0.338 e. The first-order valence-corrected chi connectivity index (χ1v) is 6.28. The van der Waals surface area contributed by atoms with Crippen LogP contribution in [0.4, 0.5) is 0 Å². The van der Waals surface area contributed by atoms with Crippen molar-refractivity contribution in [2.24, 2.45) is 11.7 Å². The molecule has 1 saturated heterocycles. The van der Waals surface area contributed by atoms with Crippen LogP contribution in [0.1, 0.15) is 29.4 Å². The van der Waals surface area contributed by atoms with E-state index in [1.807, 2.05) is 11.8 Å². The van der Waals surface area contributed by atoms with Crippen molar-refractivity contribution >= 4 is 17.4 Å². The first kappa shape index (κ1) is 11.5. The zero-order valence-electron chi connectivity index (χ0n) is 9.30. The summed E-state index contributed by atoms with van der Waals surface area (Å²) in [6.07, 6.45) is 3.52. The number of piperidine rings is 1. The summed E-state index contributed by atoms with van der Waals surface area (Å²) in [5.74, 6) is 0.599. The summed E-state index contributed by atoms with van der Waals surface area (Å²) in [7, 11) is 0. The summed E-state index contributed by atoms with van der Waals surface area (Å²) in [4.78, 5) is 14.5. The standard InChI is InChI=1S/C10H16N4OS/c1-7(11)8-2-4-14(5-3-8)10(15)9-6-12-13-16-9/h6-8H,2-5,11H2,1H3. The van der Waals surface area contributed by atoms with Crippen molar-refractivity contribution in [3.05, 3.63) is 11.1 Å². The Hall–Kier alpha value is -1.01. The molecule has 0 aromatic carbocycles. The Bertz CT molecular complexity index is 344. The Morgan fingerprint density at radius 1 is 1.62 bits per heavy atom. The van der Waals surface area contributed by atoms with Gasteiger partial charge >= 0.3 is 0 Å². The molecule has 0 bridgehead atoms.